The molecule has 2 unspecified atom stereocenters. The number of allylic oxidation sites excluding steroid dienone is 2. The lowest BCUT2D eigenvalue weighted by Gasteiger charge is -2.21. The molecular formula is C29H30FNO4. The monoisotopic (exact) mass is 475 g/mol. The van der Waals surface area contributed by atoms with E-state index in [-0.39, 0.29) is 24.6 Å². The number of nitrogens with zero attached hydrogens (tertiary/aromatic N) is 1. The summed E-state index contributed by atoms with van der Waals surface area (Å²) in [6.07, 6.45) is 5.26. The summed E-state index contributed by atoms with van der Waals surface area (Å²) in [5, 5.41) is 21.8. The van der Waals surface area contributed by atoms with Crippen LogP contribution in [0.15, 0.2) is 66.8 Å². The van der Waals surface area contributed by atoms with Crippen molar-refractivity contribution in [1.29, 1.82) is 0 Å². The number of carbonyl (C=O) groups is 1. The molecule has 0 spiro atoms. The average molecular weight is 476 g/mol. The lowest BCUT2D eigenvalue weighted by molar-refractivity contribution is -0.157. The van der Waals surface area contributed by atoms with Crippen molar-refractivity contribution in [3.05, 3.63) is 83.8 Å². The number of pyridine rings is 1. The van der Waals surface area contributed by atoms with Crippen LogP contribution in [0.3, 0.4) is 0 Å². The standard InChI is InChI=1S/C29H30FNO4/c1-29(2,3)35-26(34)17-22(33)16-21(32)14-15-24-27(18-10-12-20(30)13-11-18)23-6-4-5-7-25(23)31-28(24)19-8-9-19/h4-15,19,21-22,32-33H,16-17H2,1-3H3. The Morgan fingerprint density at radius 3 is 2.46 bits per heavy atom. The van der Waals surface area contributed by atoms with Crippen molar-refractivity contribution in [2.45, 2.75) is 57.3 Å². The number of hydrogen-bond donors (Lipinski definition) is 2. The Bertz CT molecular complexity index is 1270. The summed E-state index contributed by atoms with van der Waals surface area (Å²) in [7, 11) is 0. The van der Waals surface area contributed by atoms with Crippen molar-refractivity contribution < 1.29 is 24.1 Å². The van der Waals surface area contributed by atoms with E-state index in [9.17, 15) is 19.4 Å². The second-order valence-electron chi connectivity index (χ2n) is 9.83. The Morgan fingerprint density at radius 2 is 1.80 bits per heavy atom. The Morgan fingerprint density at radius 1 is 1.11 bits per heavy atom. The summed E-state index contributed by atoms with van der Waals surface area (Å²) >= 11 is 0. The zero-order valence-corrected chi connectivity index (χ0v) is 20.1. The van der Waals surface area contributed by atoms with Crippen LogP contribution in [0.2, 0.25) is 0 Å². The van der Waals surface area contributed by atoms with Gasteiger partial charge in [-0.05, 0) is 44.5 Å². The van der Waals surface area contributed by atoms with E-state index >= 15 is 0 Å². The normalized spacial score (nSPS) is 15.5. The van der Waals surface area contributed by atoms with Gasteiger partial charge in [-0.25, -0.2) is 4.39 Å². The third-order valence-electron chi connectivity index (χ3n) is 5.61. The highest BCUT2D eigenvalue weighted by molar-refractivity contribution is 5.99. The van der Waals surface area contributed by atoms with Crippen LogP contribution in [0.1, 0.15) is 50.8 Å². The molecule has 1 heterocycles. The largest absolute Gasteiger partial charge is 0.460 e. The van der Waals surface area contributed by atoms with E-state index < -0.39 is 23.8 Å². The number of rotatable bonds is 8. The molecule has 2 aromatic carbocycles. The zero-order valence-electron chi connectivity index (χ0n) is 20.1. The first-order chi connectivity index (χ1) is 16.6. The number of hydrogen-bond acceptors (Lipinski definition) is 5. The summed E-state index contributed by atoms with van der Waals surface area (Å²) < 4.78 is 18.9. The lowest BCUT2D eigenvalue weighted by Crippen LogP contribution is -2.27. The van der Waals surface area contributed by atoms with Crippen molar-refractivity contribution in [3.63, 3.8) is 0 Å². The maximum absolute atomic E-state index is 13.7. The van der Waals surface area contributed by atoms with E-state index in [1.165, 1.54) is 12.1 Å². The smallest absolute Gasteiger partial charge is 0.308 e. The van der Waals surface area contributed by atoms with Crippen LogP contribution in [0.5, 0.6) is 0 Å². The molecule has 2 N–H and O–H groups in total. The van der Waals surface area contributed by atoms with Crippen LogP contribution in [-0.2, 0) is 9.53 Å². The van der Waals surface area contributed by atoms with E-state index in [0.29, 0.717) is 0 Å². The SMILES string of the molecule is CC(C)(C)OC(=O)CC(O)CC(O)C=Cc1c(C2C=C2)nc2ccccc2c1-c1ccc(F)cc1. The van der Waals surface area contributed by atoms with Crippen LogP contribution in [-0.4, -0.2) is 39.0 Å². The molecule has 4 rings (SSSR count). The first-order valence-electron chi connectivity index (χ1n) is 11.7. The number of esters is 1. The van der Waals surface area contributed by atoms with Crippen molar-refractivity contribution in [2.24, 2.45) is 0 Å². The average Bonchev–Trinajstić information content (AvgIpc) is 3.61. The molecule has 0 radical (unpaired) electrons. The summed E-state index contributed by atoms with van der Waals surface area (Å²) in [5.74, 6) is -0.739. The number of fused-ring (bicyclic) bond motifs is 1. The van der Waals surface area contributed by atoms with Gasteiger partial charge >= 0.3 is 5.97 Å². The second-order valence-corrected chi connectivity index (χ2v) is 9.83. The second kappa shape index (κ2) is 10.1. The Kier molecular flexibility index (Phi) is 7.15. The molecule has 5 nitrogen and oxygen atoms in total. The van der Waals surface area contributed by atoms with Gasteiger partial charge in [-0.1, -0.05) is 54.6 Å². The van der Waals surface area contributed by atoms with Gasteiger partial charge in [-0.2, -0.15) is 0 Å². The van der Waals surface area contributed by atoms with Gasteiger partial charge in [-0.3, -0.25) is 9.78 Å². The molecule has 182 valence electrons. The molecule has 6 heteroatoms. The molecule has 2 atom stereocenters. The van der Waals surface area contributed by atoms with Crippen molar-refractivity contribution in [3.8, 4) is 11.1 Å². The number of ether oxygens (including phenoxy) is 1. The number of aliphatic hydroxyl groups excluding tert-OH is 2. The van der Waals surface area contributed by atoms with Gasteiger partial charge in [0.25, 0.3) is 0 Å². The molecule has 3 aromatic rings. The Labute approximate surface area is 204 Å². The highest BCUT2D eigenvalue weighted by atomic mass is 19.1. The van der Waals surface area contributed by atoms with E-state index in [1.54, 1.807) is 45.1 Å². The summed E-state index contributed by atoms with van der Waals surface area (Å²) in [6.45, 7) is 5.28. The predicted octanol–water partition coefficient (Wildman–Crippen LogP) is 5.55. The number of aromatic nitrogens is 1. The van der Waals surface area contributed by atoms with E-state index in [4.69, 9.17) is 9.72 Å². The molecular weight excluding hydrogens is 445 g/mol. The maximum Gasteiger partial charge on any atom is 0.308 e. The number of benzene rings is 2. The molecule has 0 saturated heterocycles. The molecule has 1 aromatic heterocycles. The summed E-state index contributed by atoms with van der Waals surface area (Å²) in [5.41, 5.74) is 3.61. The van der Waals surface area contributed by atoms with Gasteiger partial charge in [0.05, 0.1) is 29.8 Å². The van der Waals surface area contributed by atoms with Crippen LogP contribution >= 0.6 is 0 Å². The first-order valence-corrected chi connectivity index (χ1v) is 11.7. The Hall–Kier alpha value is -3.35. The molecule has 1 aliphatic carbocycles. The third-order valence-corrected chi connectivity index (χ3v) is 5.61. The number of para-hydroxylation sites is 1. The molecule has 0 bridgehead atoms. The van der Waals surface area contributed by atoms with Gasteiger partial charge in [0.15, 0.2) is 0 Å². The predicted molar refractivity (Wildman–Crippen MR) is 135 cm³/mol. The van der Waals surface area contributed by atoms with Gasteiger partial charge in [-0.15, -0.1) is 0 Å². The molecule has 0 aliphatic heterocycles. The van der Waals surface area contributed by atoms with Crippen LogP contribution in [0.4, 0.5) is 4.39 Å². The number of aliphatic hydroxyl groups is 2. The summed E-state index contributed by atoms with van der Waals surface area (Å²) in [6, 6.07) is 14.1. The highest BCUT2D eigenvalue weighted by Crippen LogP contribution is 2.40. The van der Waals surface area contributed by atoms with Crippen LogP contribution in [0, 0.1) is 5.82 Å². The minimum Gasteiger partial charge on any atom is -0.460 e. The Balaban J connectivity index is 1.64. The highest BCUT2D eigenvalue weighted by Gasteiger charge is 2.24. The van der Waals surface area contributed by atoms with Gasteiger partial charge in [0.1, 0.15) is 11.4 Å². The van der Waals surface area contributed by atoms with Crippen molar-refractivity contribution in [2.75, 3.05) is 0 Å². The number of halogens is 1. The van der Waals surface area contributed by atoms with E-state index in [2.05, 4.69) is 0 Å². The zero-order chi connectivity index (χ0) is 25.2. The fourth-order valence-electron chi connectivity index (χ4n) is 4.06. The summed E-state index contributed by atoms with van der Waals surface area (Å²) in [4.78, 5) is 16.9. The van der Waals surface area contributed by atoms with Crippen molar-refractivity contribution in [1.82, 2.24) is 4.98 Å². The molecule has 0 saturated carbocycles. The van der Waals surface area contributed by atoms with Gasteiger partial charge in [0.2, 0.25) is 0 Å². The molecule has 35 heavy (non-hydrogen) atoms. The third kappa shape index (κ3) is 6.41. The minimum absolute atomic E-state index is 0.0142. The van der Waals surface area contributed by atoms with Crippen molar-refractivity contribution >= 4 is 22.9 Å². The lowest BCUT2D eigenvalue weighted by atomic mass is 9.92. The minimum atomic E-state index is -1.04. The number of carbonyl (C=O) groups excluding carboxylic acids is 1. The maximum atomic E-state index is 13.7. The molecule has 0 amide bonds. The quantitative estimate of drug-likeness (QED) is 0.330. The molecule has 0 fully saturated rings. The fraction of sp³-hybridized carbons (Fsp3) is 0.310. The van der Waals surface area contributed by atoms with Gasteiger partial charge in [0, 0.05) is 28.9 Å². The van der Waals surface area contributed by atoms with Gasteiger partial charge < -0.3 is 14.9 Å². The topological polar surface area (TPSA) is 79.7 Å². The fourth-order valence-corrected chi connectivity index (χ4v) is 4.06. The van der Waals surface area contributed by atoms with Crippen LogP contribution in [0.25, 0.3) is 28.1 Å². The van der Waals surface area contributed by atoms with Crippen LogP contribution < -0.4 is 0 Å². The molecule has 1 aliphatic rings. The van der Waals surface area contributed by atoms with E-state index in [1.807, 2.05) is 36.4 Å². The van der Waals surface area contributed by atoms with E-state index in [0.717, 1.165) is 33.3 Å². The first kappa shape index (κ1) is 24.8.